The Morgan fingerprint density at radius 2 is 1.56 bits per heavy atom. The average Bonchev–Trinajstić information content (AvgIpc) is 3.27. The van der Waals surface area contributed by atoms with Crippen LogP contribution in [-0.4, -0.2) is 49.7 Å². The molecule has 4 rings (SSSR count). The highest BCUT2D eigenvalue weighted by atomic mass is 16.5. The maximum absolute atomic E-state index is 13.1. The number of hydrogen-bond acceptors (Lipinski definition) is 6. The van der Waals surface area contributed by atoms with Crippen LogP contribution in [0, 0.1) is 0 Å². The molecule has 1 aromatic heterocycles. The van der Waals surface area contributed by atoms with E-state index < -0.39 is 0 Å². The molecular weight excluding hydrogens is 460 g/mol. The number of para-hydroxylation sites is 3. The summed E-state index contributed by atoms with van der Waals surface area (Å²) in [5, 5.41) is 2.89. The summed E-state index contributed by atoms with van der Waals surface area (Å²) in [7, 11) is 6.22. The monoisotopic (exact) mass is 488 g/mol. The van der Waals surface area contributed by atoms with E-state index in [0.717, 1.165) is 16.7 Å². The molecule has 0 radical (unpaired) electrons. The zero-order chi connectivity index (χ0) is 25.7. The van der Waals surface area contributed by atoms with Crippen LogP contribution in [0.3, 0.4) is 0 Å². The van der Waals surface area contributed by atoms with Gasteiger partial charge < -0.3 is 29.0 Å². The number of imidazole rings is 1. The highest BCUT2D eigenvalue weighted by molar-refractivity contribution is 5.96. The third kappa shape index (κ3) is 4.95. The Morgan fingerprint density at radius 3 is 2.19 bits per heavy atom. The second kappa shape index (κ2) is 10.8. The molecule has 0 bridgehead atoms. The van der Waals surface area contributed by atoms with E-state index in [-0.39, 0.29) is 24.9 Å². The summed E-state index contributed by atoms with van der Waals surface area (Å²) in [6.07, 6.45) is 0. The maximum Gasteiger partial charge on any atom is 0.251 e. The molecule has 186 valence electrons. The van der Waals surface area contributed by atoms with Gasteiger partial charge in [-0.15, -0.1) is 0 Å². The van der Waals surface area contributed by atoms with Crippen molar-refractivity contribution < 1.29 is 23.8 Å². The lowest BCUT2D eigenvalue weighted by Crippen LogP contribution is -2.31. The summed E-state index contributed by atoms with van der Waals surface area (Å²) in [6.45, 7) is 0.188. The van der Waals surface area contributed by atoms with Crippen LogP contribution in [-0.2, 0) is 17.9 Å². The predicted octanol–water partition coefficient (Wildman–Crippen LogP) is 3.66. The molecule has 0 saturated carbocycles. The van der Waals surface area contributed by atoms with Crippen molar-refractivity contribution in [2.45, 2.75) is 13.1 Å². The molecule has 0 aliphatic carbocycles. The van der Waals surface area contributed by atoms with Crippen LogP contribution < -0.4 is 24.4 Å². The minimum Gasteiger partial charge on any atom is -0.493 e. The molecule has 0 atom stereocenters. The van der Waals surface area contributed by atoms with E-state index in [4.69, 9.17) is 14.2 Å². The Labute approximate surface area is 209 Å². The molecule has 2 amide bonds. The van der Waals surface area contributed by atoms with Gasteiger partial charge in [-0.2, -0.15) is 0 Å². The van der Waals surface area contributed by atoms with Gasteiger partial charge in [0, 0.05) is 18.3 Å². The number of ether oxygens (including phenoxy) is 3. The number of nitrogens with zero attached hydrogens (tertiary/aromatic N) is 3. The largest absolute Gasteiger partial charge is 0.493 e. The number of amides is 2. The topological polar surface area (TPSA) is 94.9 Å². The highest BCUT2D eigenvalue weighted by Crippen LogP contribution is 2.38. The zero-order valence-electron chi connectivity index (χ0n) is 20.6. The summed E-state index contributed by atoms with van der Waals surface area (Å²) in [5.74, 6) is 1.26. The quantitative estimate of drug-likeness (QED) is 0.386. The Bertz CT molecular complexity index is 1360. The van der Waals surface area contributed by atoms with Gasteiger partial charge in [0.15, 0.2) is 11.5 Å². The van der Waals surface area contributed by atoms with E-state index >= 15 is 0 Å². The third-order valence-electron chi connectivity index (χ3n) is 5.88. The van der Waals surface area contributed by atoms with Gasteiger partial charge in [-0.05, 0) is 36.4 Å². The van der Waals surface area contributed by atoms with Crippen molar-refractivity contribution in [1.29, 1.82) is 0 Å². The molecule has 0 unspecified atom stereocenters. The van der Waals surface area contributed by atoms with Crippen molar-refractivity contribution in [3.63, 3.8) is 0 Å². The molecule has 3 aromatic carbocycles. The van der Waals surface area contributed by atoms with E-state index in [9.17, 15) is 9.59 Å². The van der Waals surface area contributed by atoms with Crippen molar-refractivity contribution in [3.05, 3.63) is 78.1 Å². The molecule has 4 aromatic rings. The molecule has 0 fully saturated rings. The number of carbonyl (C=O) groups is 2. The highest BCUT2D eigenvalue weighted by Gasteiger charge is 2.20. The minimum atomic E-state index is -0.347. The molecule has 36 heavy (non-hydrogen) atoms. The van der Waals surface area contributed by atoms with Crippen LogP contribution in [0.5, 0.6) is 17.2 Å². The Kier molecular flexibility index (Phi) is 7.39. The van der Waals surface area contributed by atoms with Gasteiger partial charge in [0.2, 0.25) is 11.7 Å². The van der Waals surface area contributed by atoms with Crippen LogP contribution in [0.15, 0.2) is 66.7 Å². The van der Waals surface area contributed by atoms with Gasteiger partial charge in [-0.25, -0.2) is 4.98 Å². The number of methoxy groups -OCH3 is 3. The maximum atomic E-state index is 13.1. The van der Waals surface area contributed by atoms with E-state index in [1.165, 1.54) is 21.3 Å². The van der Waals surface area contributed by atoms with Gasteiger partial charge in [0.1, 0.15) is 12.4 Å². The molecule has 0 spiro atoms. The number of likely N-dealkylation sites (N-methyl/N-ethyl adjacent to an activating group) is 1. The smallest absolute Gasteiger partial charge is 0.251 e. The van der Waals surface area contributed by atoms with Crippen LogP contribution in [0.1, 0.15) is 16.2 Å². The molecule has 0 aliphatic rings. The number of nitrogens with one attached hydrogen (secondary N) is 1. The molecule has 9 heteroatoms. The number of aromatic nitrogens is 2. The number of anilines is 1. The predicted molar refractivity (Wildman–Crippen MR) is 137 cm³/mol. The van der Waals surface area contributed by atoms with Crippen LogP contribution >= 0.6 is 0 Å². The first-order valence-electron chi connectivity index (χ1n) is 11.3. The van der Waals surface area contributed by atoms with Crippen molar-refractivity contribution in [2.75, 3.05) is 33.3 Å². The lowest BCUT2D eigenvalue weighted by atomic mass is 10.1. The van der Waals surface area contributed by atoms with Crippen molar-refractivity contribution in [1.82, 2.24) is 14.9 Å². The molecule has 1 N–H and O–H groups in total. The fraction of sp³-hybridized carbons (Fsp3) is 0.222. The normalized spacial score (nSPS) is 10.7. The van der Waals surface area contributed by atoms with Gasteiger partial charge >= 0.3 is 0 Å². The summed E-state index contributed by atoms with van der Waals surface area (Å²) in [6, 6.07) is 20.1. The summed E-state index contributed by atoms with van der Waals surface area (Å²) in [5.41, 5.74) is 2.69. The fourth-order valence-corrected chi connectivity index (χ4v) is 3.95. The number of benzene rings is 3. The minimum absolute atomic E-state index is 0.0707. The van der Waals surface area contributed by atoms with E-state index in [2.05, 4.69) is 10.3 Å². The van der Waals surface area contributed by atoms with Crippen LogP contribution in [0.25, 0.3) is 11.0 Å². The fourth-order valence-electron chi connectivity index (χ4n) is 3.95. The Morgan fingerprint density at radius 1 is 0.917 bits per heavy atom. The lowest BCUT2D eigenvalue weighted by Gasteiger charge is -2.19. The SMILES string of the molecule is COc1cc(C(=O)NCc2nc3ccccc3n2CC(=O)N(C)c2ccccc2)cc(OC)c1OC. The van der Waals surface area contributed by atoms with Gasteiger partial charge in [-0.1, -0.05) is 30.3 Å². The Hall–Kier alpha value is -4.53. The summed E-state index contributed by atoms with van der Waals surface area (Å²) in [4.78, 5) is 32.4. The summed E-state index contributed by atoms with van der Waals surface area (Å²) >= 11 is 0. The van der Waals surface area contributed by atoms with Gasteiger partial charge in [-0.3, -0.25) is 9.59 Å². The average molecular weight is 489 g/mol. The first-order valence-corrected chi connectivity index (χ1v) is 11.3. The number of fused-ring (bicyclic) bond motifs is 1. The Balaban J connectivity index is 1.58. The standard InChI is InChI=1S/C27H28N4O5/c1-30(19-10-6-5-7-11-19)25(32)17-31-21-13-9-8-12-20(21)29-24(31)16-28-27(33)18-14-22(34-2)26(36-4)23(15-18)35-3/h5-15H,16-17H2,1-4H3,(H,28,33). The lowest BCUT2D eigenvalue weighted by molar-refractivity contribution is -0.118. The molecule has 1 heterocycles. The first kappa shape index (κ1) is 24.6. The molecular formula is C27H28N4O5. The first-order chi connectivity index (χ1) is 17.5. The van der Waals surface area contributed by atoms with Gasteiger partial charge in [0.25, 0.3) is 5.91 Å². The molecule has 0 aliphatic heterocycles. The van der Waals surface area contributed by atoms with E-state index in [1.807, 2.05) is 59.2 Å². The molecule has 0 saturated heterocycles. The van der Waals surface area contributed by atoms with Crippen molar-refractivity contribution in [3.8, 4) is 17.2 Å². The van der Waals surface area contributed by atoms with E-state index in [1.54, 1.807) is 24.1 Å². The van der Waals surface area contributed by atoms with Crippen LogP contribution in [0.4, 0.5) is 5.69 Å². The number of carbonyl (C=O) groups excluding carboxylic acids is 2. The van der Waals surface area contributed by atoms with Crippen molar-refractivity contribution >= 4 is 28.5 Å². The second-order valence-electron chi connectivity index (χ2n) is 7.99. The van der Waals surface area contributed by atoms with Gasteiger partial charge in [0.05, 0.1) is 38.9 Å². The van der Waals surface area contributed by atoms with Crippen LogP contribution in [0.2, 0.25) is 0 Å². The molecule has 9 nitrogen and oxygen atoms in total. The van der Waals surface area contributed by atoms with E-state index in [0.29, 0.717) is 28.6 Å². The zero-order valence-corrected chi connectivity index (χ0v) is 20.6. The summed E-state index contributed by atoms with van der Waals surface area (Å²) < 4.78 is 17.9. The van der Waals surface area contributed by atoms with Crippen molar-refractivity contribution in [2.24, 2.45) is 0 Å². The third-order valence-corrected chi connectivity index (χ3v) is 5.88. The number of rotatable bonds is 9. The second-order valence-corrected chi connectivity index (χ2v) is 7.99. The number of hydrogen-bond donors (Lipinski definition) is 1.